The zero-order valence-electron chi connectivity index (χ0n) is 10.5. The molecule has 1 aromatic carbocycles. The monoisotopic (exact) mass is 249 g/mol. The van der Waals surface area contributed by atoms with Crippen LogP contribution in [0.25, 0.3) is 0 Å². The smallest absolute Gasteiger partial charge is 0.224 e. The van der Waals surface area contributed by atoms with E-state index >= 15 is 0 Å². The van der Waals surface area contributed by atoms with Crippen molar-refractivity contribution in [3.05, 3.63) is 35.4 Å². The minimum Gasteiger partial charge on any atom is -0.355 e. The van der Waals surface area contributed by atoms with E-state index in [2.05, 4.69) is 10.6 Å². The van der Waals surface area contributed by atoms with Crippen molar-refractivity contribution >= 4 is 11.8 Å². The summed E-state index contributed by atoms with van der Waals surface area (Å²) in [5, 5.41) is 5.35. The van der Waals surface area contributed by atoms with Crippen molar-refractivity contribution in [1.29, 1.82) is 0 Å². The predicted molar refractivity (Wildman–Crippen MR) is 69.7 cm³/mol. The van der Waals surface area contributed by atoms with Crippen molar-refractivity contribution in [2.24, 2.45) is 5.73 Å². The third kappa shape index (κ3) is 5.45. The maximum atomic E-state index is 11.6. The van der Waals surface area contributed by atoms with E-state index in [1.165, 1.54) is 6.92 Å². The van der Waals surface area contributed by atoms with Gasteiger partial charge in [0.15, 0.2) is 0 Å². The van der Waals surface area contributed by atoms with Crippen molar-refractivity contribution in [2.45, 2.75) is 19.9 Å². The number of hydrogen-bond donors (Lipinski definition) is 3. The number of benzene rings is 1. The van der Waals surface area contributed by atoms with Gasteiger partial charge in [-0.15, -0.1) is 0 Å². The summed E-state index contributed by atoms with van der Waals surface area (Å²) >= 11 is 0. The average molecular weight is 249 g/mol. The van der Waals surface area contributed by atoms with E-state index in [4.69, 9.17) is 5.73 Å². The van der Waals surface area contributed by atoms with Gasteiger partial charge >= 0.3 is 0 Å². The highest BCUT2D eigenvalue weighted by molar-refractivity contribution is 5.78. The Bertz CT molecular complexity index is 401. The fraction of sp³-hybridized carbons (Fsp3) is 0.385. The van der Waals surface area contributed by atoms with Crippen LogP contribution in [-0.4, -0.2) is 24.9 Å². The van der Waals surface area contributed by atoms with Gasteiger partial charge in [0.25, 0.3) is 0 Å². The SMILES string of the molecule is CC(=O)NCCNC(=O)Cc1ccc(CN)cc1. The molecule has 0 heterocycles. The fourth-order valence-electron chi connectivity index (χ4n) is 1.48. The molecule has 2 amide bonds. The normalized spacial score (nSPS) is 9.89. The highest BCUT2D eigenvalue weighted by Gasteiger charge is 2.02. The largest absolute Gasteiger partial charge is 0.355 e. The lowest BCUT2D eigenvalue weighted by Gasteiger charge is -2.06. The van der Waals surface area contributed by atoms with Gasteiger partial charge in [0.05, 0.1) is 6.42 Å². The van der Waals surface area contributed by atoms with Crippen LogP contribution in [0.3, 0.4) is 0 Å². The van der Waals surface area contributed by atoms with Gasteiger partial charge in [0.1, 0.15) is 0 Å². The molecular formula is C13H19N3O2. The molecule has 1 rings (SSSR count). The van der Waals surface area contributed by atoms with E-state index in [9.17, 15) is 9.59 Å². The van der Waals surface area contributed by atoms with Crippen LogP contribution in [0.2, 0.25) is 0 Å². The first kappa shape index (κ1) is 14.2. The summed E-state index contributed by atoms with van der Waals surface area (Å²) in [5.74, 6) is -0.150. The van der Waals surface area contributed by atoms with Gasteiger partial charge in [-0.2, -0.15) is 0 Å². The molecule has 98 valence electrons. The highest BCUT2D eigenvalue weighted by Crippen LogP contribution is 2.04. The molecular weight excluding hydrogens is 230 g/mol. The molecule has 0 aliphatic rings. The molecule has 0 spiro atoms. The van der Waals surface area contributed by atoms with Crippen LogP contribution >= 0.6 is 0 Å². The molecule has 0 aliphatic heterocycles. The van der Waals surface area contributed by atoms with Crippen molar-refractivity contribution < 1.29 is 9.59 Å². The Morgan fingerprint density at radius 2 is 1.61 bits per heavy atom. The molecule has 0 radical (unpaired) electrons. The number of carbonyl (C=O) groups is 2. The topological polar surface area (TPSA) is 84.2 Å². The lowest BCUT2D eigenvalue weighted by Crippen LogP contribution is -2.34. The molecule has 0 saturated carbocycles. The Kier molecular flexibility index (Phi) is 5.87. The predicted octanol–water partition coefficient (Wildman–Crippen LogP) is -0.0599. The van der Waals surface area contributed by atoms with E-state index < -0.39 is 0 Å². The van der Waals surface area contributed by atoms with Gasteiger partial charge in [-0.25, -0.2) is 0 Å². The van der Waals surface area contributed by atoms with Crippen LogP contribution in [0.4, 0.5) is 0 Å². The second kappa shape index (κ2) is 7.45. The first-order chi connectivity index (χ1) is 8.61. The number of hydrogen-bond acceptors (Lipinski definition) is 3. The minimum atomic E-state index is -0.0957. The molecule has 0 unspecified atom stereocenters. The molecule has 5 nitrogen and oxygen atoms in total. The summed E-state index contributed by atoms with van der Waals surface area (Å²) in [6.07, 6.45) is 0.338. The quantitative estimate of drug-likeness (QED) is 0.618. The van der Waals surface area contributed by atoms with Crippen LogP contribution in [0.15, 0.2) is 24.3 Å². The molecule has 18 heavy (non-hydrogen) atoms. The Hall–Kier alpha value is -1.88. The summed E-state index contributed by atoms with van der Waals surface area (Å²) in [6, 6.07) is 7.63. The second-order valence-corrected chi connectivity index (χ2v) is 4.03. The van der Waals surface area contributed by atoms with Crippen LogP contribution < -0.4 is 16.4 Å². The van der Waals surface area contributed by atoms with Gasteiger partial charge in [-0.3, -0.25) is 9.59 Å². The second-order valence-electron chi connectivity index (χ2n) is 4.03. The third-order valence-corrected chi connectivity index (χ3v) is 2.44. The number of rotatable bonds is 6. The zero-order chi connectivity index (χ0) is 13.4. The highest BCUT2D eigenvalue weighted by atomic mass is 16.2. The number of nitrogens with two attached hydrogens (primary N) is 1. The summed E-state index contributed by atoms with van der Waals surface area (Å²) < 4.78 is 0. The minimum absolute atomic E-state index is 0.0548. The first-order valence-electron chi connectivity index (χ1n) is 5.91. The van der Waals surface area contributed by atoms with Crippen molar-refractivity contribution in [3.63, 3.8) is 0 Å². The molecule has 0 aromatic heterocycles. The van der Waals surface area contributed by atoms with Crippen molar-refractivity contribution in [1.82, 2.24) is 10.6 Å². The summed E-state index contributed by atoms with van der Waals surface area (Å²) in [5.41, 5.74) is 7.49. The van der Waals surface area contributed by atoms with E-state index in [0.29, 0.717) is 26.1 Å². The van der Waals surface area contributed by atoms with Gasteiger partial charge < -0.3 is 16.4 Å². The van der Waals surface area contributed by atoms with Gasteiger partial charge in [-0.05, 0) is 11.1 Å². The Morgan fingerprint density at radius 1 is 1.06 bits per heavy atom. The number of amides is 2. The van der Waals surface area contributed by atoms with E-state index in [0.717, 1.165) is 11.1 Å². The van der Waals surface area contributed by atoms with Crippen LogP contribution in [0.5, 0.6) is 0 Å². The summed E-state index contributed by atoms with van der Waals surface area (Å²) in [4.78, 5) is 22.2. The molecule has 0 atom stereocenters. The van der Waals surface area contributed by atoms with E-state index in [-0.39, 0.29) is 11.8 Å². The van der Waals surface area contributed by atoms with Crippen LogP contribution in [0.1, 0.15) is 18.1 Å². The standard InChI is InChI=1S/C13H19N3O2/c1-10(17)15-6-7-16-13(18)8-11-2-4-12(9-14)5-3-11/h2-5H,6-9,14H2,1H3,(H,15,17)(H,16,18). The Labute approximate surface area is 107 Å². The zero-order valence-corrected chi connectivity index (χ0v) is 10.5. The first-order valence-corrected chi connectivity index (χ1v) is 5.91. The Morgan fingerprint density at radius 3 is 2.17 bits per heavy atom. The van der Waals surface area contributed by atoms with Crippen LogP contribution in [-0.2, 0) is 22.6 Å². The maximum absolute atomic E-state index is 11.6. The lowest BCUT2D eigenvalue weighted by molar-refractivity contribution is -0.121. The average Bonchev–Trinajstić information content (AvgIpc) is 2.35. The van der Waals surface area contributed by atoms with Gasteiger partial charge in [-0.1, -0.05) is 24.3 Å². The summed E-state index contributed by atoms with van der Waals surface area (Å²) in [6.45, 7) is 2.84. The summed E-state index contributed by atoms with van der Waals surface area (Å²) in [7, 11) is 0. The molecule has 5 heteroatoms. The molecule has 0 fully saturated rings. The van der Waals surface area contributed by atoms with Gasteiger partial charge in [0, 0.05) is 26.6 Å². The lowest BCUT2D eigenvalue weighted by atomic mass is 10.1. The third-order valence-electron chi connectivity index (χ3n) is 2.44. The molecule has 0 bridgehead atoms. The van der Waals surface area contributed by atoms with E-state index in [1.807, 2.05) is 24.3 Å². The molecule has 4 N–H and O–H groups in total. The van der Waals surface area contributed by atoms with E-state index in [1.54, 1.807) is 0 Å². The maximum Gasteiger partial charge on any atom is 0.224 e. The molecule has 1 aromatic rings. The van der Waals surface area contributed by atoms with Crippen molar-refractivity contribution in [2.75, 3.05) is 13.1 Å². The fourth-order valence-corrected chi connectivity index (χ4v) is 1.48. The Balaban J connectivity index is 2.28. The van der Waals surface area contributed by atoms with Gasteiger partial charge in [0.2, 0.25) is 11.8 Å². The number of nitrogens with one attached hydrogen (secondary N) is 2. The molecule has 0 aliphatic carbocycles. The van der Waals surface area contributed by atoms with Crippen molar-refractivity contribution in [3.8, 4) is 0 Å². The van der Waals surface area contributed by atoms with Crippen LogP contribution in [0, 0.1) is 0 Å². The number of carbonyl (C=O) groups excluding carboxylic acids is 2. The molecule has 0 saturated heterocycles.